The first kappa shape index (κ1) is 16.8. The Hall–Kier alpha value is -1.59. The molecule has 0 aromatic heterocycles. The number of likely N-dealkylation sites (N-methyl/N-ethyl adjacent to an activating group) is 1. The highest BCUT2D eigenvalue weighted by Crippen LogP contribution is 2.17. The maximum Gasteiger partial charge on any atom is 0.255 e. The Labute approximate surface area is 133 Å². The predicted molar refractivity (Wildman–Crippen MR) is 88.5 cm³/mol. The van der Waals surface area contributed by atoms with Crippen LogP contribution in [0, 0.1) is 0 Å². The van der Waals surface area contributed by atoms with Crippen LogP contribution in [0.5, 0.6) is 5.75 Å². The molecule has 0 aliphatic carbocycles. The van der Waals surface area contributed by atoms with Crippen LogP contribution < -0.4 is 10.1 Å². The lowest BCUT2D eigenvalue weighted by Gasteiger charge is -2.36. The third-order valence-corrected chi connectivity index (χ3v) is 4.15. The van der Waals surface area contributed by atoms with Crippen molar-refractivity contribution >= 4 is 5.91 Å². The van der Waals surface area contributed by atoms with Crippen molar-refractivity contribution in [1.82, 2.24) is 15.1 Å². The number of para-hydroxylation sites is 1. The molecule has 2 rings (SSSR count). The molecule has 0 spiro atoms. The van der Waals surface area contributed by atoms with E-state index in [9.17, 15) is 4.79 Å². The van der Waals surface area contributed by atoms with E-state index >= 15 is 0 Å². The standard InChI is InChI=1S/C17H27N3O2/c1-4-22-16-8-6-5-7-15(16)17(21)18-13-14(2)20-11-9-19(3)10-12-20/h5-8,14H,4,9-13H2,1-3H3,(H,18,21)/t14-/m1/s1. The number of benzene rings is 1. The number of piperazine rings is 1. The van der Waals surface area contributed by atoms with Crippen molar-refractivity contribution in [2.24, 2.45) is 0 Å². The average molecular weight is 305 g/mol. The van der Waals surface area contributed by atoms with Crippen LogP contribution in [-0.2, 0) is 0 Å². The van der Waals surface area contributed by atoms with Gasteiger partial charge in [-0.25, -0.2) is 0 Å². The molecule has 1 saturated heterocycles. The summed E-state index contributed by atoms with van der Waals surface area (Å²) in [5, 5.41) is 3.03. The maximum absolute atomic E-state index is 12.4. The smallest absolute Gasteiger partial charge is 0.255 e. The van der Waals surface area contributed by atoms with Crippen LogP contribution in [0.4, 0.5) is 0 Å². The van der Waals surface area contributed by atoms with E-state index < -0.39 is 0 Å². The Bertz CT molecular complexity index is 485. The molecular formula is C17H27N3O2. The monoisotopic (exact) mass is 305 g/mol. The van der Waals surface area contributed by atoms with E-state index in [1.54, 1.807) is 6.07 Å². The fraction of sp³-hybridized carbons (Fsp3) is 0.588. The van der Waals surface area contributed by atoms with E-state index in [2.05, 4.69) is 29.1 Å². The highest BCUT2D eigenvalue weighted by molar-refractivity contribution is 5.96. The van der Waals surface area contributed by atoms with Gasteiger partial charge >= 0.3 is 0 Å². The summed E-state index contributed by atoms with van der Waals surface area (Å²) in [6.45, 7) is 9.60. The quantitative estimate of drug-likeness (QED) is 0.864. The third-order valence-electron chi connectivity index (χ3n) is 4.15. The van der Waals surface area contributed by atoms with Gasteiger partial charge in [0.05, 0.1) is 12.2 Å². The highest BCUT2D eigenvalue weighted by Gasteiger charge is 2.20. The zero-order chi connectivity index (χ0) is 15.9. The topological polar surface area (TPSA) is 44.8 Å². The molecule has 1 fully saturated rings. The SMILES string of the molecule is CCOc1ccccc1C(=O)NC[C@@H](C)N1CCN(C)CC1. The number of carbonyl (C=O) groups is 1. The molecule has 1 aromatic rings. The minimum Gasteiger partial charge on any atom is -0.493 e. The van der Waals surface area contributed by atoms with E-state index in [0.29, 0.717) is 30.5 Å². The number of carbonyl (C=O) groups excluding carboxylic acids is 1. The van der Waals surface area contributed by atoms with Crippen molar-refractivity contribution in [3.63, 3.8) is 0 Å². The second-order valence-electron chi connectivity index (χ2n) is 5.83. The first-order valence-corrected chi connectivity index (χ1v) is 8.04. The Morgan fingerprint density at radius 1 is 1.27 bits per heavy atom. The van der Waals surface area contributed by atoms with Gasteiger partial charge in [0.15, 0.2) is 0 Å². The van der Waals surface area contributed by atoms with Crippen molar-refractivity contribution in [2.75, 3.05) is 46.4 Å². The largest absolute Gasteiger partial charge is 0.493 e. The number of ether oxygens (including phenoxy) is 1. The summed E-state index contributed by atoms with van der Waals surface area (Å²) in [5.41, 5.74) is 0.606. The normalized spacial score (nSPS) is 18.0. The summed E-state index contributed by atoms with van der Waals surface area (Å²) in [5.74, 6) is 0.583. The first-order valence-electron chi connectivity index (χ1n) is 8.04. The second kappa shape index (κ2) is 8.15. The van der Waals surface area contributed by atoms with E-state index in [-0.39, 0.29) is 5.91 Å². The van der Waals surface area contributed by atoms with Gasteiger partial charge in [-0.1, -0.05) is 12.1 Å². The maximum atomic E-state index is 12.4. The Morgan fingerprint density at radius 2 is 1.95 bits per heavy atom. The molecule has 1 amide bonds. The molecule has 22 heavy (non-hydrogen) atoms. The zero-order valence-corrected chi connectivity index (χ0v) is 13.8. The molecule has 5 heteroatoms. The van der Waals surface area contributed by atoms with E-state index in [0.717, 1.165) is 26.2 Å². The van der Waals surface area contributed by atoms with Crippen molar-refractivity contribution in [3.8, 4) is 5.75 Å². The molecule has 0 saturated carbocycles. The van der Waals surface area contributed by atoms with Crippen molar-refractivity contribution < 1.29 is 9.53 Å². The summed E-state index contributed by atoms with van der Waals surface area (Å²) >= 11 is 0. The second-order valence-corrected chi connectivity index (χ2v) is 5.83. The van der Waals surface area contributed by atoms with Crippen molar-refractivity contribution in [2.45, 2.75) is 19.9 Å². The van der Waals surface area contributed by atoms with E-state index in [4.69, 9.17) is 4.74 Å². The number of rotatable bonds is 6. The molecule has 1 N–H and O–H groups in total. The first-order chi connectivity index (χ1) is 10.6. The molecule has 5 nitrogen and oxygen atoms in total. The molecule has 0 unspecified atom stereocenters. The van der Waals surface area contributed by atoms with Gasteiger partial charge in [0, 0.05) is 38.8 Å². The number of hydrogen-bond donors (Lipinski definition) is 1. The molecule has 1 heterocycles. The van der Waals surface area contributed by atoms with Gasteiger partial charge in [0.2, 0.25) is 0 Å². The molecule has 0 bridgehead atoms. The van der Waals surface area contributed by atoms with Gasteiger partial charge in [0.1, 0.15) is 5.75 Å². The van der Waals surface area contributed by atoms with E-state index in [1.807, 2.05) is 25.1 Å². The van der Waals surface area contributed by atoms with Crippen molar-refractivity contribution in [3.05, 3.63) is 29.8 Å². The summed E-state index contributed by atoms with van der Waals surface area (Å²) in [7, 11) is 2.15. The number of amides is 1. The van der Waals surface area contributed by atoms with Crippen LogP contribution in [0.2, 0.25) is 0 Å². The van der Waals surface area contributed by atoms with Gasteiger partial charge in [-0.2, -0.15) is 0 Å². The lowest BCUT2D eigenvalue weighted by molar-refractivity contribution is 0.0900. The molecule has 1 atom stereocenters. The highest BCUT2D eigenvalue weighted by atomic mass is 16.5. The number of hydrogen-bond acceptors (Lipinski definition) is 4. The lowest BCUT2D eigenvalue weighted by atomic mass is 10.1. The molecular weight excluding hydrogens is 278 g/mol. The van der Waals surface area contributed by atoms with Gasteiger partial charge in [-0.05, 0) is 33.0 Å². The Kier molecular flexibility index (Phi) is 6.21. The van der Waals surface area contributed by atoms with Crippen LogP contribution >= 0.6 is 0 Å². The van der Waals surface area contributed by atoms with Crippen LogP contribution in [0.3, 0.4) is 0 Å². The molecule has 0 radical (unpaired) electrons. The summed E-state index contributed by atoms with van der Waals surface area (Å²) in [6.07, 6.45) is 0. The van der Waals surface area contributed by atoms with Gasteiger partial charge in [0.25, 0.3) is 5.91 Å². The van der Waals surface area contributed by atoms with Crippen molar-refractivity contribution in [1.29, 1.82) is 0 Å². The summed E-state index contributed by atoms with van der Waals surface area (Å²) in [6, 6.07) is 7.73. The Balaban J connectivity index is 1.87. The van der Waals surface area contributed by atoms with Gasteiger partial charge in [-0.3, -0.25) is 9.69 Å². The van der Waals surface area contributed by atoms with Crippen LogP contribution in [0.1, 0.15) is 24.2 Å². The lowest BCUT2D eigenvalue weighted by Crippen LogP contribution is -2.51. The molecule has 122 valence electrons. The minimum atomic E-state index is -0.0648. The van der Waals surface area contributed by atoms with E-state index in [1.165, 1.54) is 0 Å². The minimum absolute atomic E-state index is 0.0648. The summed E-state index contributed by atoms with van der Waals surface area (Å²) < 4.78 is 5.52. The zero-order valence-electron chi connectivity index (χ0n) is 13.8. The van der Waals surface area contributed by atoms with Crippen LogP contribution in [0.25, 0.3) is 0 Å². The molecule has 1 aliphatic rings. The molecule has 1 aromatic carbocycles. The molecule has 1 aliphatic heterocycles. The average Bonchev–Trinajstić information content (AvgIpc) is 2.54. The fourth-order valence-electron chi connectivity index (χ4n) is 2.66. The van der Waals surface area contributed by atoms with Gasteiger partial charge < -0.3 is 15.0 Å². The Morgan fingerprint density at radius 3 is 2.64 bits per heavy atom. The third kappa shape index (κ3) is 4.45. The number of nitrogens with one attached hydrogen (secondary N) is 1. The van der Waals surface area contributed by atoms with Crippen LogP contribution in [-0.4, -0.2) is 68.1 Å². The van der Waals surface area contributed by atoms with Crippen LogP contribution in [0.15, 0.2) is 24.3 Å². The van der Waals surface area contributed by atoms with Gasteiger partial charge in [-0.15, -0.1) is 0 Å². The predicted octanol–water partition coefficient (Wildman–Crippen LogP) is 1.45. The summed E-state index contributed by atoms with van der Waals surface area (Å²) in [4.78, 5) is 17.1. The fourth-order valence-corrected chi connectivity index (χ4v) is 2.66. The number of nitrogens with zero attached hydrogens (tertiary/aromatic N) is 2.